The number of ether oxygens (including phenoxy) is 1. The van der Waals surface area contributed by atoms with E-state index in [1.807, 2.05) is 12.2 Å². The van der Waals surface area contributed by atoms with Gasteiger partial charge < -0.3 is 10.1 Å². The van der Waals surface area contributed by atoms with Crippen LogP contribution in [-0.4, -0.2) is 47.5 Å². The molecular formula is C21H20N2O6. The zero-order chi connectivity index (χ0) is 20.7. The van der Waals surface area contributed by atoms with Gasteiger partial charge in [-0.3, -0.25) is 28.9 Å². The third-order valence-corrected chi connectivity index (χ3v) is 5.74. The molecule has 0 unspecified atom stereocenters. The predicted molar refractivity (Wildman–Crippen MR) is 101 cm³/mol. The summed E-state index contributed by atoms with van der Waals surface area (Å²) in [6.45, 7) is 0.752. The average Bonchev–Trinajstić information content (AvgIpc) is 3.14. The maximum atomic E-state index is 12.4. The second kappa shape index (κ2) is 7.27. The molecule has 1 aromatic rings. The van der Waals surface area contributed by atoms with Gasteiger partial charge in [-0.1, -0.05) is 12.2 Å². The standard InChI is InChI=1S/C21H20N2O6/c1-11-15-8-12(6-7-16(15)22-19(11)26)17(24)10-29-18(25)9-23-20(27)13-4-2-3-5-14(13)21(23)28/h2-3,6-8,11,13-14H,4-5,9-10H2,1H3,(H,22,26)/t11-,13-,14-/m0/s1. The summed E-state index contributed by atoms with van der Waals surface area (Å²) in [7, 11) is 0. The minimum atomic E-state index is -0.807. The SMILES string of the molecule is C[C@@H]1C(=O)Nc2ccc(C(=O)COC(=O)CN3C(=O)[C@H]4CC=CC[C@@H]4C3=O)cc21. The number of nitrogens with zero attached hydrogens (tertiary/aromatic N) is 1. The molecule has 3 aliphatic rings. The van der Waals surface area contributed by atoms with Crippen molar-refractivity contribution in [3.63, 3.8) is 0 Å². The Labute approximate surface area is 166 Å². The van der Waals surface area contributed by atoms with Gasteiger partial charge in [0, 0.05) is 11.3 Å². The lowest BCUT2D eigenvalue weighted by Gasteiger charge is -2.14. The summed E-state index contributed by atoms with van der Waals surface area (Å²) in [6.07, 6.45) is 4.72. The van der Waals surface area contributed by atoms with Gasteiger partial charge in [-0.05, 0) is 43.5 Å². The quantitative estimate of drug-likeness (QED) is 0.349. The summed E-state index contributed by atoms with van der Waals surface area (Å²) in [5.74, 6) is -3.27. The molecule has 1 aromatic carbocycles. The minimum absolute atomic E-state index is 0.133. The molecule has 1 N–H and O–H groups in total. The van der Waals surface area contributed by atoms with Crippen molar-refractivity contribution in [2.45, 2.75) is 25.7 Å². The number of hydrogen-bond acceptors (Lipinski definition) is 6. The van der Waals surface area contributed by atoms with Crippen molar-refractivity contribution in [2.24, 2.45) is 11.8 Å². The number of benzene rings is 1. The molecule has 1 saturated heterocycles. The number of amides is 3. The Morgan fingerprint density at radius 2 is 1.76 bits per heavy atom. The molecule has 0 bridgehead atoms. The van der Waals surface area contributed by atoms with Crippen LogP contribution in [-0.2, 0) is 23.9 Å². The summed E-state index contributed by atoms with van der Waals surface area (Å²) >= 11 is 0. The Bertz CT molecular complexity index is 940. The Hall–Kier alpha value is -3.29. The number of imide groups is 1. The lowest BCUT2D eigenvalue weighted by Crippen LogP contribution is -2.37. The molecule has 3 amide bonds. The Balaban J connectivity index is 1.35. The number of Topliss-reactive ketones (excluding diaryl/α,β-unsaturated/α-hetero) is 1. The number of likely N-dealkylation sites (tertiary alicyclic amines) is 1. The van der Waals surface area contributed by atoms with E-state index in [-0.39, 0.29) is 23.6 Å². The lowest BCUT2D eigenvalue weighted by atomic mass is 9.85. The summed E-state index contributed by atoms with van der Waals surface area (Å²) in [6, 6.07) is 4.81. The molecule has 4 rings (SSSR count). The molecule has 0 radical (unpaired) electrons. The number of fused-ring (bicyclic) bond motifs is 2. The van der Waals surface area contributed by atoms with Crippen molar-refractivity contribution >= 4 is 35.2 Å². The van der Waals surface area contributed by atoms with Crippen LogP contribution < -0.4 is 5.32 Å². The monoisotopic (exact) mass is 396 g/mol. The Kier molecular flexibility index (Phi) is 4.77. The van der Waals surface area contributed by atoms with Crippen molar-refractivity contribution < 1.29 is 28.7 Å². The van der Waals surface area contributed by atoms with Gasteiger partial charge in [0.15, 0.2) is 12.4 Å². The zero-order valence-corrected chi connectivity index (χ0v) is 15.8. The van der Waals surface area contributed by atoms with Crippen LogP contribution in [0.4, 0.5) is 5.69 Å². The van der Waals surface area contributed by atoms with Crippen LogP contribution >= 0.6 is 0 Å². The number of carbonyl (C=O) groups excluding carboxylic acids is 5. The molecule has 2 heterocycles. The van der Waals surface area contributed by atoms with Gasteiger partial charge in [0.05, 0.1) is 17.8 Å². The second-order valence-electron chi connectivity index (χ2n) is 7.52. The molecule has 0 aromatic heterocycles. The van der Waals surface area contributed by atoms with Crippen LogP contribution in [0.2, 0.25) is 0 Å². The first-order valence-corrected chi connectivity index (χ1v) is 9.50. The summed E-state index contributed by atoms with van der Waals surface area (Å²) in [5.41, 5.74) is 1.71. The zero-order valence-electron chi connectivity index (χ0n) is 15.8. The molecule has 29 heavy (non-hydrogen) atoms. The highest BCUT2D eigenvalue weighted by molar-refractivity contribution is 6.08. The van der Waals surface area contributed by atoms with Crippen molar-refractivity contribution in [1.29, 1.82) is 0 Å². The van der Waals surface area contributed by atoms with E-state index in [1.54, 1.807) is 25.1 Å². The van der Waals surface area contributed by atoms with Crippen molar-refractivity contribution in [3.05, 3.63) is 41.5 Å². The molecule has 2 aliphatic heterocycles. The summed E-state index contributed by atoms with van der Waals surface area (Å²) in [5, 5.41) is 2.72. The van der Waals surface area contributed by atoms with Gasteiger partial charge >= 0.3 is 5.97 Å². The summed E-state index contributed by atoms with van der Waals surface area (Å²) < 4.78 is 5.00. The van der Waals surface area contributed by atoms with E-state index < -0.39 is 36.7 Å². The maximum Gasteiger partial charge on any atom is 0.326 e. The molecule has 8 nitrogen and oxygen atoms in total. The lowest BCUT2D eigenvalue weighted by molar-refractivity contribution is -0.152. The molecule has 0 saturated carbocycles. The van der Waals surface area contributed by atoms with Crippen molar-refractivity contribution in [1.82, 2.24) is 4.90 Å². The highest BCUT2D eigenvalue weighted by atomic mass is 16.5. The Morgan fingerprint density at radius 1 is 1.10 bits per heavy atom. The van der Waals surface area contributed by atoms with Gasteiger partial charge in [0.2, 0.25) is 17.7 Å². The smallest absolute Gasteiger partial charge is 0.326 e. The van der Waals surface area contributed by atoms with Gasteiger partial charge in [-0.25, -0.2) is 0 Å². The highest BCUT2D eigenvalue weighted by Crippen LogP contribution is 2.35. The van der Waals surface area contributed by atoms with Gasteiger partial charge in [-0.2, -0.15) is 0 Å². The van der Waals surface area contributed by atoms with Crippen LogP contribution in [0.3, 0.4) is 0 Å². The fraction of sp³-hybridized carbons (Fsp3) is 0.381. The molecule has 3 atom stereocenters. The number of carbonyl (C=O) groups is 5. The molecule has 1 fully saturated rings. The highest BCUT2D eigenvalue weighted by Gasteiger charge is 2.47. The van der Waals surface area contributed by atoms with Crippen LogP contribution in [0, 0.1) is 11.8 Å². The van der Waals surface area contributed by atoms with Crippen LogP contribution in [0.1, 0.15) is 41.6 Å². The van der Waals surface area contributed by atoms with E-state index in [4.69, 9.17) is 4.74 Å². The third kappa shape index (κ3) is 3.35. The average molecular weight is 396 g/mol. The maximum absolute atomic E-state index is 12.4. The Morgan fingerprint density at radius 3 is 2.41 bits per heavy atom. The molecule has 8 heteroatoms. The number of anilines is 1. The first kappa shape index (κ1) is 19.0. The number of ketones is 1. The van der Waals surface area contributed by atoms with Crippen LogP contribution in [0.5, 0.6) is 0 Å². The van der Waals surface area contributed by atoms with Crippen LogP contribution in [0.25, 0.3) is 0 Å². The van der Waals surface area contributed by atoms with Gasteiger partial charge in [0.25, 0.3) is 0 Å². The van der Waals surface area contributed by atoms with Crippen molar-refractivity contribution in [2.75, 3.05) is 18.5 Å². The fourth-order valence-electron chi connectivity index (χ4n) is 4.02. The molecule has 0 spiro atoms. The number of nitrogens with one attached hydrogen (secondary N) is 1. The summed E-state index contributed by atoms with van der Waals surface area (Å²) in [4.78, 5) is 61.9. The van der Waals surface area contributed by atoms with E-state index in [0.717, 1.165) is 10.5 Å². The number of hydrogen-bond donors (Lipinski definition) is 1. The topological polar surface area (TPSA) is 110 Å². The largest absolute Gasteiger partial charge is 0.456 e. The van der Waals surface area contributed by atoms with Crippen LogP contribution in [0.15, 0.2) is 30.4 Å². The first-order valence-electron chi connectivity index (χ1n) is 9.50. The van der Waals surface area contributed by atoms with E-state index in [9.17, 15) is 24.0 Å². The normalized spacial score (nSPS) is 24.9. The molecule has 1 aliphatic carbocycles. The number of esters is 1. The van der Waals surface area contributed by atoms with Gasteiger partial charge in [-0.15, -0.1) is 0 Å². The van der Waals surface area contributed by atoms with Gasteiger partial charge in [0.1, 0.15) is 6.54 Å². The van der Waals surface area contributed by atoms with E-state index in [0.29, 0.717) is 24.1 Å². The number of allylic oxidation sites excluding steroid dienone is 2. The van der Waals surface area contributed by atoms with Crippen molar-refractivity contribution in [3.8, 4) is 0 Å². The number of rotatable bonds is 5. The fourth-order valence-corrected chi connectivity index (χ4v) is 4.02. The minimum Gasteiger partial charge on any atom is -0.456 e. The second-order valence-corrected chi connectivity index (χ2v) is 7.52. The van der Waals surface area contributed by atoms with E-state index in [2.05, 4.69) is 5.32 Å². The van der Waals surface area contributed by atoms with E-state index >= 15 is 0 Å². The molecule has 150 valence electrons. The predicted octanol–water partition coefficient (Wildman–Crippen LogP) is 1.42. The molecular weight excluding hydrogens is 376 g/mol. The first-order chi connectivity index (χ1) is 13.9. The third-order valence-electron chi connectivity index (χ3n) is 5.74. The van der Waals surface area contributed by atoms with E-state index in [1.165, 1.54) is 0 Å².